The molecular formula is C14H15ClN2O2. The van der Waals surface area contributed by atoms with E-state index in [9.17, 15) is 9.59 Å². The number of hydrogen-bond donors (Lipinski definition) is 1. The van der Waals surface area contributed by atoms with E-state index >= 15 is 0 Å². The second kappa shape index (κ2) is 5.45. The third-order valence-corrected chi connectivity index (χ3v) is 3.52. The van der Waals surface area contributed by atoms with Gasteiger partial charge in [0.25, 0.3) is 5.56 Å². The quantitative estimate of drug-likeness (QED) is 0.877. The number of nitrogens with one attached hydrogen (secondary N) is 1. The van der Waals surface area contributed by atoms with Crippen molar-refractivity contribution in [2.45, 2.75) is 26.3 Å². The van der Waals surface area contributed by atoms with Crippen LogP contribution in [0.3, 0.4) is 0 Å². The highest BCUT2D eigenvalue weighted by molar-refractivity contribution is 6.30. The van der Waals surface area contributed by atoms with Crippen LogP contribution in [0.15, 0.2) is 39.9 Å². The van der Waals surface area contributed by atoms with Gasteiger partial charge in [0, 0.05) is 0 Å². The lowest BCUT2D eigenvalue weighted by Crippen LogP contribution is -2.39. The van der Waals surface area contributed by atoms with Crippen molar-refractivity contribution in [3.63, 3.8) is 0 Å². The fourth-order valence-corrected chi connectivity index (χ4v) is 2.40. The topological polar surface area (TPSA) is 54.9 Å². The minimum absolute atomic E-state index is 0.133. The molecule has 1 aromatic heterocycles. The Bertz CT molecular complexity index is 689. The average molecular weight is 279 g/mol. The lowest BCUT2D eigenvalue weighted by Gasteiger charge is -2.15. The number of H-pyrrole nitrogens is 1. The SMILES string of the molecule is CCc1c(Cl)[nH]c(=O)n(C(C)c2ccccc2)c1=O. The van der Waals surface area contributed by atoms with Crippen LogP contribution in [0.25, 0.3) is 0 Å². The molecule has 0 amide bonds. The molecule has 1 aromatic carbocycles. The van der Waals surface area contributed by atoms with E-state index in [1.165, 1.54) is 4.57 Å². The standard InChI is InChI=1S/C14H15ClN2O2/c1-3-11-12(15)16-14(19)17(13(11)18)9(2)10-7-5-4-6-8-10/h4-9H,3H2,1-2H3,(H,16,19). The van der Waals surface area contributed by atoms with Crippen molar-refractivity contribution < 1.29 is 0 Å². The third-order valence-electron chi connectivity index (χ3n) is 3.20. The van der Waals surface area contributed by atoms with Gasteiger partial charge in [-0.1, -0.05) is 48.9 Å². The molecule has 0 fully saturated rings. The van der Waals surface area contributed by atoms with Crippen LogP contribution in [0.4, 0.5) is 0 Å². The molecule has 4 nitrogen and oxygen atoms in total. The van der Waals surface area contributed by atoms with Gasteiger partial charge in [-0.15, -0.1) is 0 Å². The van der Waals surface area contributed by atoms with Gasteiger partial charge in [-0.25, -0.2) is 4.79 Å². The molecule has 1 atom stereocenters. The zero-order valence-corrected chi connectivity index (χ0v) is 11.6. The first kappa shape index (κ1) is 13.6. The molecule has 0 spiro atoms. The molecule has 0 radical (unpaired) electrons. The van der Waals surface area contributed by atoms with Gasteiger partial charge in [-0.3, -0.25) is 14.3 Å². The van der Waals surface area contributed by atoms with Crippen LogP contribution in [0.5, 0.6) is 0 Å². The Balaban J connectivity index is 2.64. The molecule has 19 heavy (non-hydrogen) atoms. The molecule has 0 saturated heterocycles. The molecule has 1 heterocycles. The van der Waals surface area contributed by atoms with Gasteiger partial charge in [0.15, 0.2) is 0 Å². The van der Waals surface area contributed by atoms with Crippen molar-refractivity contribution in [2.75, 3.05) is 0 Å². The summed E-state index contributed by atoms with van der Waals surface area (Å²) in [5.41, 5.74) is 0.527. The fourth-order valence-electron chi connectivity index (χ4n) is 2.10. The Labute approximate surface area is 115 Å². The van der Waals surface area contributed by atoms with Crippen LogP contribution < -0.4 is 11.2 Å². The molecule has 0 aliphatic rings. The Kier molecular flexibility index (Phi) is 3.90. The second-order valence-electron chi connectivity index (χ2n) is 4.34. The first-order valence-corrected chi connectivity index (χ1v) is 6.52. The average Bonchev–Trinajstić information content (AvgIpc) is 2.39. The molecule has 0 saturated carbocycles. The van der Waals surface area contributed by atoms with E-state index in [2.05, 4.69) is 4.98 Å². The monoisotopic (exact) mass is 278 g/mol. The molecule has 5 heteroatoms. The maximum absolute atomic E-state index is 12.3. The van der Waals surface area contributed by atoms with Gasteiger partial charge in [-0.05, 0) is 18.9 Å². The Morgan fingerprint density at radius 1 is 1.26 bits per heavy atom. The summed E-state index contributed by atoms with van der Waals surface area (Å²) in [7, 11) is 0. The highest BCUT2D eigenvalue weighted by Gasteiger charge is 2.16. The summed E-state index contributed by atoms with van der Waals surface area (Å²) in [6, 6.07) is 9.08. The zero-order valence-electron chi connectivity index (χ0n) is 10.8. The number of benzene rings is 1. The van der Waals surface area contributed by atoms with Crippen LogP contribution in [0, 0.1) is 0 Å². The van der Waals surface area contributed by atoms with Crippen molar-refractivity contribution >= 4 is 11.6 Å². The van der Waals surface area contributed by atoms with Gasteiger partial charge < -0.3 is 0 Å². The van der Waals surface area contributed by atoms with Crippen LogP contribution in [0.1, 0.15) is 31.0 Å². The summed E-state index contributed by atoms with van der Waals surface area (Å²) < 4.78 is 1.21. The normalized spacial score (nSPS) is 12.4. The maximum Gasteiger partial charge on any atom is 0.330 e. The first-order valence-electron chi connectivity index (χ1n) is 6.14. The van der Waals surface area contributed by atoms with Gasteiger partial charge in [0.2, 0.25) is 0 Å². The van der Waals surface area contributed by atoms with Gasteiger partial charge in [0.1, 0.15) is 5.15 Å². The second-order valence-corrected chi connectivity index (χ2v) is 4.72. The van der Waals surface area contributed by atoms with E-state index < -0.39 is 5.69 Å². The molecule has 0 aliphatic carbocycles. The minimum Gasteiger partial charge on any atom is -0.297 e. The smallest absolute Gasteiger partial charge is 0.297 e. The lowest BCUT2D eigenvalue weighted by atomic mass is 10.1. The Hall–Kier alpha value is -1.81. The molecule has 2 aromatic rings. The Morgan fingerprint density at radius 2 is 1.89 bits per heavy atom. The van der Waals surface area contributed by atoms with Crippen molar-refractivity contribution in [1.29, 1.82) is 0 Å². The number of aromatic nitrogens is 2. The predicted molar refractivity (Wildman–Crippen MR) is 76.0 cm³/mol. The number of rotatable bonds is 3. The highest BCUT2D eigenvalue weighted by atomic mass is 35.5. The van der Waals surface area contributed by atoms with E-state index in [-0.39, 0.29) is 16.8 Å². The highest BCUT2D eigenvalue weighted by Crippen LogP contribution is 2.15. The summed E-state index contributed by atoms with van der Waals surface area (Å²) in [6.07, 6.45) is 0.482. The molecule has 2 rings (SSSR count). The predicted octanol–water partition coefficient (Wildman–Crippen LogP) is 2.36. The maximum atomic E-state index is 12.3. The molecule has 0 bridgehead atoms. The van der Waals surface area contributed by atoms with E-state index in [1.54, 1.807) is 0 Å². The zero-order chi connectivity index (χ0) is 14.0. The van der Waals surface area contributed by atoms with E-state index in [0.29, 0.717) is 12.0 Å². The van der Waals surface area contributed by atoms with Gasteiger partial charge in [-0.2, -0.15) is 0 Å². The first-order chi connectivity index (χ1) is 9.06. The van der Waals surface area contributed by atoms with Gasteiger partial charge >= 0.3 is 5.69 Å². The lowest BCUT2D eigenvalue weighted by molar-refractivity contribution is 0.572. The van der Waals surface area contributed by atoms with Crippen molar-refractivity contribution in [3.8, 4) is 0 Å². The van der Waals surface area contributed by atoms with E-state index in [0.717, 1.165) is 5.56 Å². The van der Waals surface area contributed by atoms with Crippen LogP contribution in [-0.2, 0) is 6.42 Å². The van der Waals surface area contributed by atoms with Gasteiger partial charge in [0.05, 0.1) is 11.6 Å². The fraction of sp³-hybridized carbons (Fsp3) is 0.286. The summed E-state index contributed by atoms with van der Waals surface area (Å²) >= 11 is 5.89. The molecule has 1 N–H and O–H groups in total. The third kappa shape index (κ3) is 2.49. The molecule has 1 unspecified atom stereocenters. The summed E-state index contributed by atoms with van der Waals surface area (Å²) in [5, 5.41) is 0.133. The van der Waals surface area contributed by atoms with Crippen molar-refractivity contribution in [1.82, 2.24) is 9.55 Å². The van der Waals surface area contributed by atoms with E-state index in [1.807, 2.05) is 44.2 Å². The molecular weight excluding hydrogens is 264 g/mol. The summed E-state index contributed by atoms with van der Waals surface area (Å²) in [5.74, 6) is 0. The van der Waals surface area contributed by atoms with Crippen LogP contribution >= 0.6 is 11.6 Å². The molecule has 100 valence electrons. The summed E-state index contributed by atoms with van der Waals surface area (Å²) in [4.78, 5) is 26.8. The van der Waals surface area contributed by atoms with Crippen molar-refractivity contribution in [2.24, 2.45) is 0 Å². The Morgan fingerprint density at radius 3 is 2.47 bits per heavy atom. The van der Waals surface area contributed by atoms with Crippen LogP contribution in [-0.4, -0.2) is 9.55 Å². The van der Waals surface area contributed by atoms with Crippen molar-refractivity contribution in [3.05, 3.63) is 67.4 Å². The van der Waals surface area contributed by atoms with Crippen LogP contribution in [0.2, 0.25) is 5.15 Å². The number of hydrogen-bond acceptors (Lipinski definition) is 2. The number of halogens is 1. The minimum atomic E-state index is -0.483. The summed E-state index contributed by atoms with van der Waals surface area (Å²) in [6.45, 7) is 3.65. The molecule has 0 aliphatic heterocycles. The number of nitrogens with zero attached hydrogens (tertiary/aromatic N) is 1. The van der Waals surface area contributed by atoms with E-state index in [4.69, 9.17) is 11.6 Å². The number of aromatic amines is 1. The largest absolute Gasteiger partial charge is 0.330 e.